The summed E-state index contributed by atoms with van der Waals surface area (Å²) in [4.78, 5) is 23.0. The summed E-state index contributed by atoms with van der Waals surface area (Å²) >= 11 is 2.23. The molecule has 2 aromatic carbocycles. The molecule has 0 unspecified atom stereocenters. The first-order valence-electron chi connectivity index (χ1n) is 6.75. The highest BCUT2D eigenvalue weighted by atomic mass is 127. The first kappa shape index (κ1) is 16.5. The summed E-state index contributed by atoms with van der Waals surface area (Å²) in [6.07, 6.45) is 0. The molecule has 0 aliphatic rings. The van der Waals surface area contributed by atoms with Gasteiger partial charge in [-0.25, -0.2) is 0 Å². The molecule has 0 bridgehead atoms. The number of carbonyl (C=O) groups is 2. The summed E-state index contributed by atoms with van der Waals surface area (Å²) in [5.74, 6) is 0.326. The number of carbonyl (C=O) groups excluding carboxylic acids is 2. The highest BCUT2D eigenvalue weighted by Crippen LogP contribution is 2.17. The molecule has 0 fully saturated rings. The average Bonchev–Trinajstić information content (AvgIpc) is 2.49. The first-order chi connectivity index (χ1) is 10.5. The van der Waals surface area contributed by atoms with Crippen molar-refractivity contribution in [1.29, 1.82) is 0 Å². The van der Waals surface area contributed by atoms with Crippen LogP contribution in [0.15, 0.2) is 42.5 Å². The summed E-state index contributed by atoms with van der Waals surface area (Å²) in [6, 6.07) is 12.4. The Labute approximate surface area is 143 Å². The summed E-state index contributed by atoms with van der Waals surface area (Å²) in [7, 11) is 0. The normalized spacial score (nSPS) is 10.1. The van der Waals surface area contributed by atoms with Gasteiger partial charge in [0, 0.05) is 14.8 Å². The minimum Gasteiger partial charge on any atom is -0.484 e. The average molecular weight is 409 g/mol. The molecule has 1 N–H and O–H groups in total. The van der Waals surface area contributed by atoms with Crippen LogP contribution in [-0.4, -0.2) is 18.3 Å². The van der Waals surface area contributed by atoms with Crippen molar-refractivity contribution >= 4 is 40.0 Å². The van der Waals surface area contributed by atoms with Crippen molar-refractivity contribution in [3.63, 3.8) is 0 Å². The second-order valence-corrected chi connectivity index (χ2v) is 6.04. The number of anilines is 1. The van der Waals surface area contributed by atoms with E-state index in [0.29, 0.717) is 11.3 Å². The van der Waals surface area contributed by atoms with E-state index in [9.17, 15) is 9.59 Å². The van der Waals surface area contributed by atoms with Gasteiger partial charge in [-0.3, -0.25) is 9.59 Å². The summed E-state index contributed by atoms with van der Waals surface area (Å²) < 4.78 is 6.50. The Morgan fingerprint density at radius 1 is 1.14 bits per heavy atom. The molecule has 114 valence electrons. The molecule has 5 heteroatoms. The SMILES string of the molecule is CC(=O)c1ccc(OCC(=O)Nc2ccc(C)c(I)c2)cc1. The van der Waals surface area contributed by atoms with Crippen molar-refractivity contribution in [3.05, 3.63) is 57.2 Å². The molecule has 0 heterocycles. The minimum absolute atomic E-state index is 0.00160. The van der Waals surface area contributed by atoms with Crippen molar-refractivity contribution in [2.75, 3.05) is 11.9 Å². The topological polar surface area (TPSA) is 55.4 Å². The van der Waals surface area contributed by atoms with Gasteiger partial charge in [-0.15, -0.1) is 0 Å². The lowest BCUT2D eigenvalue weighted by Crippen LogP contribution is -2.20. The highest BCUT2D eigenvalue weighted by molar-refractivity contribution is 14.1. The van der Waals surface area contributed by atoms with Crippen molar-refractivity contribution < 1.29 is 14.3 Å². The Morgan fingerprint density at radius 3 is 2.41 bits per heavy atom. The quantitative estimate of drug-likeness (QED) is 0.604. The molecule has 0 spiro atoms. The van der Waals surface area contributed by atoms with Gasteiger partial charge >= 0.3 is 0 Å². The molecular weight excluding hydrogens is 393 g/mol. The summed E-state index contributed by atoms with van der Waals surface area (Å²) in [6.45, 7) is 3.44. The van der Waals surface area contributed by atoms with E-state index in [-0.39, 0.29) is 18.3 Å². The number of aryl methyl sites for hydroxylation is 1. The third-order valence-electron chi connectivity index (χ3n) is 3.09. The Morgan fingerprint density at radius 2 is 1.82 bits per heavy atom. The third kappa shape index (κ3) is 4.56. The van der Waals surface area contributed by atoms with Crippen LogP contribution < -0.4 is 10.1 Å². The largest absolute Gasteiger partial charge is 0.484 e. The lowest BCUT2D eigenvalue weighted by Gasteiger charge is -2.09. The van der Waals surface area contributed by atoms with Crippen LogP contribution in [0.4, 0.5) is 5.69 Å². The molecule has 0 atom stereocenters. The van der Waals surface area contributed by atoms with Crippen LogP contribution in [0.25, 0.3) is 0 Å². The molecule has 0 radical (unpaired) electrons. The van der Waals surface area contributed by atoms with E-state index < -0.39 is 0 Å². The lowest BCUT2D eigenvalue weighted by atomic mass is 10.1. The van der Waals surface area contributed by atoms with E-state index in [0.717, 1.165) is 9.26 Å². The molecule has 0 saturated heterocycles. The van der Waals surface area contributed by atoms with Gasteiger partial charge in [-0.05, 0) is 78.4 Å². The van der Waals surface area contributed by atoms with Crippen molar-refractivity contribution in [3.8, 4) is 5.75 Å². The van der Waals surface area contributed by atoms with Crippen molar-refractivity contribution in [2.45, 2.75) is 13.8 Å². The maximum atomic E-state index is 11.9. The van der Waals surface area contributed by atoms with E-state index in [4.69, 9.17) is 4.74 Å². The van der Waals surface area contributed by atoms with E-state index >= 15 is 0 Å². The monoisotopic (exact) mass is 409 g/mol. The number of hydrogen-bond acceptors (Lipinski definition) is 3. The third-order valence-corrected chi connectivity index (χ3v) is 4.25. The van der Waals surface area contributed by atoms with Crippen LogP contribution in [0.3, 0.4) is 0 Å². The molecule has 0 aliphatic carbocycles. The van der Waals surface area contributed by atoms with E-state index in [1.807, 2.05) is 25.1 Å². The number of ketones is 1. The molecule has 0 saturated carbocycles. The predicted molar refractivity (Wildman–Crippen MR) is 94.5 cm³/mol. The summed E-state index contributed by atoms with van der Waals surface area (Å²) in [5.41, 5.74) is 2.53. The predicted octanol–water partition coefficient (Wildman–Crippen LogP) is 3.82. The molecule has 0 aliphatic heterocycles. The van der Waals surface area contributed by atoms with E-state index in [1.165, 1.54) is 12.5 Å². The Balaban J connectivity index is 1.89. The maximum absolute atomic E-state index is 11.9. The standard InChI is InChI=1S/C17H16INO3/c1-11-3-6-14(9-16(11)18)19-17(21)10-22-15-7-4-13(5-8-15)12(2)20/h3-9H,10H2,1-2H3,(H,19,21). The fourth-order valence-corrected chi connectivity index (χ4v) is 2.32. The Kier molecular flexibility index (Phi) is 5.54. The van der Waals surface area contributed by atoms with Gasteiger partial charge in [0.05, 0.1) is 0 Å². The molecule has 1 amide bonds. The molecule has 0 aromatic heterocycles. The van der Waals surface area contributed by atoms with Gasteiger partial charge in [-0.2, -0.15) is 0 Å². The van der Waals surface area contributed by atoms with E-state index in [2.05, 4.69) is 27.9 Å². The second kappa shape index (κ2) is 7.40. The number of nitrogens with one attached hydrogen (secondary N) is 1. The first-order valence-corrected chi connectivity index (χ1v) is 7.83. The summed E-state index contributed by atoms with van der Waals surface area (Å²) in [5, 5.41) is 2.79. The number of halogens is 1. The smallest absolute Gasteiger partial charge is 0.262 e. The molecule has 2 aromatic rings. The van der Waals surface area contributed by atoms with Crippen LogP contribution >= 0.6 is 22.6 Å². The van der Waals surface area contributed by atoms with Crippen LogP contribution in [-0.2, 0) is 4.79 Å². The van der Waals surface area contributed by atoms with Gasteiger partial charge in [0.15, 0.2) is 12.4 Å². The van der Waals surface area contributed by atoms with Crippen LogP contribution in [0.5, 0.6) is 5.75 Å². The Bertz CT molecular complexity index is 696. The van der Waals surface area contributed by atoms with Crippen LogP contribution in [0.2, 0.25) is 0 Å². The highest BCUT2D eigenvalue weighted by Gasteiger charge is 2.06. The number of rotatable bonds is 5. The number of benzene rings is 2. The lowest BCUT2D eigenvalue weighted by molar-refractivity contribution is -0.118. The number of ether oxygens (including phenoxy) is 1. The zero-order valence-corrected chi connectivity index (χ0v) is 14.5. The minimum atomic E-state index is -0.227. The fourth-order valence-electron chi connectivity index (χ4n) is 1.80. The van der Waals surface area contributed by atoms with Gasteiger partial charge in [0.25, 0.3) is 5.91 Å². The molecule has 4 nitrogen and oxygen atoms in total. The van der Waals surface area contributed by atoms with Crippen molar-refractivity contribution in [2.24, 2.45) is 0 Å². The van der Waals surface area contributed by atoms with Gasteiger partial charge in [0.1, 0.15) is 5.75 Å². The van der Waals surface area contributed by atoms with Crippen molar-refractivity contribution in [1.82, 2.24) is 0 Å². The Hall–Kier alpha value is -1.89. The zero-order chi connectivity index (χ0) is 16.1. The second-order valence-electron chi connectivity index (χ2n) is 4.88. The molecule has 22 heavy (non-hydrogen) atoms. The van der Waals surface area contributed by atoms with Crippen LogP contribution in [0, 0.1) is 10.5 Å². The molecular formula is C17H16INO3. The number of hydrogen-bond donors (Lipinski definition) is 1. The van der Waals surface area contributed by atoms with E-state index in [1.54, 1.807) is 24.3 Å². The fraction of sp³-hybridized carbons (Fsp3) is 0.176. The van der Waals surface area contributed by atoms with Crippen LogP contribution in [0.1, 0.15) is 22.8 Å². The number of Topliss-reactive ketones (excluding diaryl/α,β-unsaturated/α-hetero) is 1. The number of amides is 1. The van der Waals surface area contributed by atoms with Gasteiger partial charge in [0.2, 0.25) is 0 Å². The maximum Gasteiger partial charge on any atom is 0.262 e. The van der Waals surface area contributed by atoms with Gasteiger partial charge < -0.3 is 10.1 Å². The zero-order valence-electron chi connectivity index (χ0n) is 12.4. The van der Waals surface area contributed by atoms with Gasteiger partial charge in [-0.1, -0.05) is 6.07 Å². The molecule has 2 rings (SSSR count).